The van der Waals surface area contributed by atoms with Crippen molar-refractivity contribution in [2.45, 2.75) is 6.92 Å². The van der Waals surface area contributed by atoms with Crippen LogP contribution in [0.15, 0.2) is 40.9 Å². The van der Waals surface area contributed by atoms with Gasteiger partial charge in [-0.1, -0.05) is 15.9 Å². The highest BCUT2D eigenvalue weighted by molar-refractivity contribution is 9.10. The van der Waals surface area contributed by atoms with Gasteiger partial charge in [0.05, 0.1) is 17.6 Å². The molecule has 7 nitrogen and oxygen atoms in total. The van der Waals surface area contributed by atoms with Gasteiger partial charge < -0.3 is 14.8 Å². The smallest absolute Gasteiger partial charge is 0.296 e. The van der Waals surface area contributed by atoms with E-state index in [1.165, 1.54) is 30.3 Å². The van der Waals surface area contributed by atoms with Gasteiger partial charge in [0, 0.05) is 4.47 Å². The van der Waals surface area contributed by atoms with E-state index in [4.69, 9.17) is 9.47 Å². The number of nitrogens with one attached hydrogen (secondary N) is 1. The topological polar surface area (TPSA) is 90.7 Å². The minimum atomic E-state index is -0.658. The van der Waals surface area contributed by atoms with Crippen molar-refractivity contribution >= 4 is 33.2 Å². The highest BCUT2D eigenvalue weighted by atomic mass is 79.9. The number of nitro groups is 1. The maximum absolute atomic E-state index is 13.6. The highest BCUT2D eigenvalue weighted by Crippen LogP contribution is 2.29. The Labute approximate surface area is 151 Å². The standard InChI is InChI=1S/C16H14BrFN2O5/c1-2-24-11-4-5-13(14(8-11)20(22)23)19-16(21)9-25-15-6-3-10(17)7-12(15)18/h3-8H,2,9H2,1H3,(H,19,21). The molecule has 0 heterocycles. The van der Waals surface area contributed by atoms with Gasteiger partial charge in [-0.3, -0.25) is 14.9 Å². The van der Waals surface area contributed by atoms with Gasteiger partial charge in [0.25, 0.3) is 11.6 Å². The zero-order valence-electron chi connectivity index (χ0n) is 13.1. The lowest BCUT2D eigenvalue weighted by Crippen LogP contribution is -2.21. The van der Waals surface area contributed by atoms with Crippen LogP contribution in [-0.2, 0) is 4.79 Å². The number of carbonyl (C=O) groups excluding carboxylic acids is 1. The van der Waals surface area contributed by atoms with E-state index in [9.17, 15) is 19.3 Å². The minimum Gasteiger partial charge on any atom is -0.494 e. The Morgan fingerprint density at radius 3 is 2.68 bits per heavy atom. The third kappa shape index (κ3) is 5.15. The molecule has 0 spiro atoms. The third-order valence-electron chi connectivity index (χ3n) is 3.00. The van der Waals surface area contributed by atoms with Crippen molar-refractivity contribution in [1.82, 2.24) is 0 Å². The van der Waals surface area contributed by atoms with Crippen molar-refractivity contribution in [1.29, 1.82) is 0 Å². The van der Waals surface area contributed by atoms with E-state index in [2.05, 4.69) is 21.2 Å². The van der Waals surface area contributed by atoms with Gasteiger partial charge in [-0.05, 0) is 37.3 Å². The second kappa shape index (κ2) is 8.43. The van der Waals surface area contributed by atoms with Crippen LogP contribution in [0.25, 0.3) is 0 Å². The molecule has 9 heteroatoms. The lowest BCUT2D eigenvalue weighted by Gasteiger charge is -2.10. The first-order valence-corrected chi connectivity index (χ1v) is 7.99. The van der Waals surface area contributed by atoms with Gasteiger partial charge in [0.2, 0.25) is 0 Å². The molecule has 25 heavy (non-hydrogen) atoms. The Bertz CT molecular complexity index is 800. The summed E-state index contributed by atoms with van der Waals surface area (Å²) in [6.45, 7) is 1.61. The molecule has 2 aromatic rings. The predicted molar refractivity (Wildman–Crippen MR) is 92.5 cm³/mol. The molecule has 0 aromatic heterocycles. The van der Waals surface area contributed by atoms with Crippen LogP contribution < -0.4 is 14.8 Å². The van der Waals surface area contributed by atoms with Crippen molar-refractivity contribution in [3.05, 3.63) is 56.8 Å². The molecule has 1 N–H and O–H groups in total. The van der Waals surface area contributed by atoms with Crippen LogP contribution in [-0.4, -0.2) is 24.0 Å². The van der Waals surface area contributed by atoms with Crippen LogP contribution in [0, 0.1) is 15.9 Å². The number of nitrogens with zero attached hydrogens (tertiary/aromatic N) is 1. The maximum atomic E-state index is 13.6. The summed E-state index contributed by atoms with van der Waals surface area (Å²) in [7, 11) is 0. The fourth-order valence-corrected chi connectivity index (χ4v) is 2.28. The number of halogens is 2. The molecule has 0 aliphatic rings. The number of amides is 1. The zero-order valence-corrected chi connectivity index (χ0v) is 14.7. The quantitative estimate of drug-likeness (QED) is 0.549. The van der Waals surface area contributed by atoms with Crippen molar-refractivity contribution < 1.29 is 23.6 Å². The first kappa shape index (κ1) is 18.7. The first-order valence-electron chi connectivity index (χ1n) is 7.19. The van der Waals surface area contributed by atoms with Gasteiger partial charge in [-0.2, -0.15) is 0 Å². The molecule has 0 fully saturated rings. The van der Waals surface area contributed by atoms with Gasteiger partial charge in [-0.15, -0.1) is 0 Å². The molecule has 0 aliphatic heterocycles. The van der Waals surface area contributed by atoms with Crippen molar-refractivity contribution in [3.8, 4) is 11.5 Å². The highest BCUT2D eigenvalue weighted by Gasteiger charge is 2.18. The van der Waals surface area contributed by atoms with E-state index >= 15 is 0 Å². The van der Waals surface area contributed by atoms with Gasteiger partial charge in [-0.25, -0.2) is 4.39 Å². The number of anilines is 1. The minimum absolute atomic E-state index is 0.00155. The summed E-state index contributed by atoms with van der Waals surface area (Å²) in [5.74, 6) is -1.07. The number of rotatable bonds is 7. The van der Waals surface area contributed by atoms with E-state index in [-0.39, 0.29) is 17.1 Å². The summed E-state index contributed by atoms with van der Waals surface area (Å²) in [5.41, 5.74) is -0.313. The number of nitro benzene ring substituents is 1. The largest absolute Gasteiger partial charge is 0.494 e. The second-order valence-electron chi connectivity index (χ2n) is 4.78. The average molecular weight is 413 g/mol. The van der Waals surface area contributed by atoms with Gasteiger partial charge in [0.15, 0.2) is 18.2 Å². The van der Waals surface area contributed by atoms with Crippen LogP contribution in [0.2, 0.25) is 0 Å². The third-order valence-corrected chi connectivity index (χ3v) is 3.50. The van der Waals surface area contributed by atoms with Crippen LogP contribution in [0.1, 0.15) is 6.92 Å². The Morgan fingerprint density at radius 1 is 1.28 bits per heavy atom. The number of hydrogen-bond donors (Lipinski definition) is 1. The number of benzene rings is 2. The van der Waals surface area contributed by atoms with E-state index in [0.717, 1.165) is 0 Å². The Morgan fingerprint density at radius 2 is 2.04 bits per heavy atom. The summed E-state index contributed by atoms with van der Waals surface area (Å²) in [5, 5.41) is 13.5. The molecule has 132 valence electrons. The van der Waals surface area contributed by atoms with Crippen LogP contribution in [0.5, 0.6) is 11.5 Å². The molecular formula is C16H14BrFN2O5. The number of hydrogen-bond acceptors (Lipinski definition) is 5. The average Bonchev–Trinajstić information content (AvgIpc) is 2.55. The summed E-state index contributed by atoms with van der Waals surface area (Å²) >= 11 is 3.11. The molecule has 0 radical (unpaired) electrons. The summed E-state index contributed by atoms with van der Waals surface area (Å²) in [6.07, 6.45) is 0. The molecule has 0 unspecified atom stereocenters. The fourth-order valence-electron chi connectivity index (χ4n) is 1.95. The summed E-state index contributed by atoms with van der Waals surface area (Å²) < 4.78 is 24.4. The van der Waals surface area contributed by atoms with E-state index in [0.29, 0.717) is 16.8 Å². The van der Waals surface area contributed by atoms with Gasteiger partial charge in [0.1, 0.15) is 11.4 Å². The fraction of sp³-hybridized carbons (Fsp3) is 0.188. The molecular weight excluding hydrogens is 399 g/mol. The zero-order chi connectivity index (χ0) is 18.4. The molecule has 0 bridgehead atoms. The lowest BCUT2D eigenvalue weighted by molar-refractivity contribution is -0.384. The Kier molecular flexibility index (Phi) is 6.29. The monoisotopic (exact) mass is 412 g/mol. The Balaban J connectivity index is 2.05. The molecule has 2 aromatic carbocycles. The summed E-state index contributed by atoms with van der Waals surface area (Å²) in [4.78, 5) is 22.4. The molecule has 0 saturated carbocycles. The Hall–Kier alpha value is -2.68. The van der Waals surface area contributed by atoms with Crippen molar-refractivity contribution in [3.63, 3.8) is 0 Å². The molecule has 2 rings (SSSR count). The van der Waals surface area contributed by atoms with Crippen molar-refractivity contribution in [2.75, 3.05) is 18.5 Å². The number of ether oxygens (including phenoxy) is 2. The maximum Gasteiger partial charge on any atom is 0.296 e. The van der Waals surface area contributed by atoms with E-state index in [1.807, 2.05) is 0 Å². The first-order chi connectivity index (χ1) is 11.9. The summed E-state index contributed by atoms with van der Waals surface area (Å²) in [6, 6.07) is 8.21. The molecule has 0 aliphatic carbocycles. The van der Waals surface area contributed by atoms with Crippen LogP contribution in [0.3, 0.4) is 0 Å². The second-order valence-corrected chi connectivity index (χ2v) is 5.70. The molecule has 1 amide bonds. The van der Waals surface area contributed by atoms with Crippen molar-refractivity contribution in [2.24, 2.45) is 0 Å². The van der Waals surface area contributed by atoms with Crippen LogP contribution >= 0.6 is 15.9 Å². The predicted octanol–water partition coefficient (Wildman–Crippen LogP) is 3.91. The normalized spacial score (nSPS) is 10.2. The van der Waals surface area contributed by atoms with Crippen LogP contribution in [0.4, 0.5) is 15.8 Å². The molecule has 0 saturated heterocycles. The number of carbonyl (C=O) groups is 1. The molecule has 0 atom stereocenters. The lowest BCUT2D eigenvalue weighted by atomic mass is 10.2. The van der Waals surface area contributed by atoms with E-state index in [1.54, 1.807) is 13.0 Å². The van der Waals surface area contributed by atoms with Gasteiger partial charge >= 0.3 is 0 Å². The SMILES string of the molecule is CCOc1ccc(NC(=O)COc2ccc(Br)cc2F)c([N+](=O)[O-])c1. The van der Waals surface area contributed by atoms with E-state index < -0.39 is 23.3 Å².